The topological polar surface area (TPSA) is 84.5 Å². The number of esters is 1. The molecule has 2 amide bonds. The van der Waals surface area contributed by atoms with Crippen LogP contribution < -0.4 is 10.9 Å². The first kappa shape index (κ1) is 19.5. The summed E-state index contributed by atoms with van der Waals surface area (Å²) in [6.45, 7) is -0.513. The molecule has 2 heterocycles. The Labute approximate surface area is 169 Å². The summed E-state index contributed by atoms with van der Waals surface area (Å²) in [7, 11) is 0. The molecule has 0 aliphatic carbocycles. The van der Waals surface area contributed by atoms with E-state index in [0.29, 0.717) is 11.1 Å². The lowest BCUT2D eigenvalue weighted by atomic mass is 10.2. The second-order valence-corrected chi connectivity index (χ2v) is 7.42. The van der Waals surface area contributed by atoms with Gasteiger partial charge in [0.05, 0.1) is 5.57 Å². The molecule has 2 N–H and O–H groups in total. The van der Waals surface area contributed by atoms with E-state index in [1.165, 1.54) is 22.7 Å². The summed E-state index contributed by atoms with van der Waals surface area (Å²) in [5.74, 6) is -1.71. The fourth-order valence-corrected chi connectivity index (χ4v) is 3.60. The number of ether oxygens (including phenoxy) is 1. The van der Waals surface area contributed by atoms with E-state index in [-0.39, 0.29) is 0 Å². The van der Waals surface area contributed by atoms with Crippen molar-refractivity contribution in [1.29, 1.82) is 0 Å². The smallest absolute Gasteiger partial charge is 0.340 e. The summed E-state index contributed by atoms with van der Waals surface area (Å²) in [6.07, 6.45) is 1.73. The molecular formula is C20H16N2O4S2. The number of benzene rings is 1. The van der Waals surface area contributed by atoms with Gasteiger partial charge in [0.2, 0.25) is 0 Å². The van der Waals surface area contributed by atoms with Gasteiger partial charge in [0.25, 0.3) is 11.8 Å². The van der Waals surface area contributed by atoms with Crippen molar-refractivity contribution in [3.63, 3.8) is 0 Å². The first-order valence-corrected chi connectivity index (χ1v) is 10.00. The molecule has 0 saturated heterocycles. The monoisotopic (exact) mass is 412 g/mol. The van der Waals surface area contributed by atoms with Crippen molar-refractivity contribution in [2.75, 3.05) is 6.61 Å². The van der Waals surface area contributed by atoms with Gasteiger partial charge in [-0.2, -0.15) is 0 Å². The highest BCUT2D eigenvalue weighted by atomic mass is 32.1. The highest BCUT2D eigenvalue weighted by molar-refractivity contribution is 7.12. The quantitative estimate of drug-likeness (QED) is 0.369. The van der Waals surface area contributed by atoms with E-state index in [9.17, 15) is 14.4 Å². The highest BCUT2D eigenvalue weighted by Crippen LogP contribution is 2.25. The average molecular weight is 412 g/mol. The van der Waals surface area contributed by atoms with Crippen molar-refractivity contribution in [2.24, 2.45) is 0 Å². The zero-order valence-electron chi connectivity index (χ0n) is 14.6. The Balaban J connectivity index is 1.55. The van der Waals surface area contributed by atoms with Crippen LogP contribution in [0.3, 0.4) is 0 Å². The summed E-state index contributed by atoms with van der Waals surface area (Å²) in [5.41, 5.74) is 5.28. The lowest BCUT2D eigenvalue weighted by molar-refractivity contribution is -0.143. The molecule has 3 aromatic rings. The third-order valence-corrected chi connectivity index (χ3v) is 5.24. The van der Waals surface area contributed by atoms with Gasteiger partial charge in [-0.25, -0.2) is 4.79 Å². The number of hydrogen-bond donors (Lipinski definition) is 2. The van der Waals surface area contributed by atoms with Crippen molar-refractivity contribution >= 4 is 52.1 Å². The van der Waals surface area contributed by atoms with Crippen molar-refractivity contribution < 1.29 is 19.1 Å². The molecule has 0 aliphatic rings. The normalized spacial score (nSPS) is 10.9. The minimum atomic E-state index is -0.640. The third-order valence-electron chi connectivity index (χ3n) is 3.52. The van der Waals surface area contributed by atoms with Gasteiger partial charge >= 0.3 is 5.97 Å². The molecule has 0 bridgehead atoms. The first-order chi connectivity index (χ1) is 13.6. The standard InChI is InChI=1S/C20H16N2O4S2/c23-18(21-22-19(24)14-6-2-1-3-7-14)13-26-20(25)16(17-9-5-11-28-17)12-15-8-4-10-27-15/h1-12H,13H2,(H,21,23)(H,22,24)/b16-12+. The van der Waals surface area contributed by atoms with E-state index in [4.69, 9.17) is 4.74 Å². The predicted molar refractivity (Wildman–Crippen MR) is 110 cm³/mol. The SMILES string of the molecule is O=C(COC(=O)/C(=C/c1cccs1)c1cccs1)NNC(=O)c1ccccc1. The molecule has 0 aliphatic heterocycles. The molecule has 0 saturated carbocycles. The maximum Gasteiger partial charge on any atom is 0.340 e. The summed E-state index contributed by atoms with van der Waals surface area (Å²) in [6, 6.07) is 15.9. The molecule has 0 fully saturated rings. The minimum Gasteiger partial charge on any atom is -0.452 e. The molecule has 8 heteroatoms. The number of hydrazine groups is 1. The van der Waals surface area contributed by atoms with Crippen LogP contribution in [0, 0.1) is 0 Å². The molecule has 0 spiro atoms. The lowest BCUT2D eigenvalue weighted by Gasteiger charge is -2.09. The van der Waals surface area contributed by atoms with Gasteiger partial charge in [-0.15, -0.1) is 22.7 Å². The van der Waals surface area contributed by atoms with Crippen LogP contribution in [0.4, 0.5) is 0 Å². The Bertz CT molecular complexity index is 965. The number of thiophene rings is 2. The number of carbonyl (C=O) groups excluding carboxylic acids is 3. The summed E-state index contributed by atoms with van der Waals surface area (Å²) >= 11 is 2.90. The van der Waals surface area contributed by atoms with Crippen LogP contribution in [0.25, 0.3) is 11.6 Å². The van der Waals surface area contributed by atoms with Crippen molar-refractivity contribution in [3.05, 3.63) is 80.7 Å². The van der Waals surface area contributed by atoms with Gasteiger partial charge in [0.1, 0.15) is 0 Å². The van der Waals surface area contributed by atoms with Gasteiger partial charge in [0.15, 0.2) is 6.61 Å². The Morgan fingerprint density at radius 3 is 2.32 bits per heavy atom. The molecule has 1 aromatic carbocycles. The van der Waals surface area contributed by atoms with Gasteiger partial charge in [0, 0.05) is 15.3 Å². The molecule has 0 unspecified atom stereocenters. The van der Waals surface area contributed by atoms with Crippen molar-refractivity contribution in [1.82, 2.24) is 10.9 Å². The van der Waals surface area contributed by atoms with E-state index < -0.39 is 24.4 Å². The maximum atomic E-state index is 12.5. The number of amides is 2. The Morgan fingerprint density at radius 1 is 0.893 bits per heavy atom. The molecule has 6 nitrogen and oxygen atoms in total. The zero-order chi connectivity index (χ0) is 19.8. The van der Waals surface area contributed by atoms with Crippen LogP contribution in [-0.4, -0.2) is 24.4 Å². The molecule has 28 heavy (non-hydrogen) atoms. The van der Waals surface area contributed by atoms with E-state index in [0.717, 1.165) is 9.75 Å². The fraction of sp³-hybridized carbons (Fsp3) is 0.0500. The Hall–Kier alpha value is -3.23. The highest BCUT2D eigenvalue weighted by Gasteiger charge is 2.17. The first-order valence-electron chi connectivity index (χ1n) is 8.24. The van der Waals surface area contributed by atoms with Crippen molar-refractivity contribution in [2.45, 2.75) is 0 Å². The van der Waals surface area contributed by atoms with E-state index in [2.05, 4.69) is 10.9 Å². The van der Waals surface area contributed by atoms with Gasteiger partial charge in [-0.05, 0) is 41.1 Å². The number of carbonyl (C=O) groups is 3. The van der Waals surface area contributed by atoms with E-state index >= 15 is 0 Å². The predicted octanol–water partition coefficient (Wildman–Crippen LogP) is 3.35. The number of hydrogen-bond acceptors (Lipinski definition) is 6. The summed E-state index contributed by atoms with van der Waals surface area (Å²) < 4.78 is 5.12. The van der Waals surface area contributed by atoms with Crippen LogP contribution in [0.2, 0.25) is 0 Å². The second kappa shape index (κ2) is 9.63. The zero-order valence-corrected chi connectivity index (χ0v) is 16.2. The van der Waals surface area contributed by atoms with E-state index in [1.807, 2.05) is 35.0 Å². The molecule has 0 radical (unpaired) electrons. The Kier molecular flexibility index (Phi) is 6.72. The van der Waals surface area contributed by atoms with Crippen LogP contribution in [0.15, 0.2) is 65.4 Å². The van der Waals surface area contributed by atoms with Crippen LogP contribution in [0.1, 0.15) is 20.1 Å². The van der Waals surface area contributed by atoms with Crippen LogP contribution in [-0.2, 0) is 14.3 Å². The van der Waals surface area contributed by atoms with Gasteiger partial charge in [-0.3, -0.25) is 20.4 Å². The average Bonchev–Trinajstić information content (AvgIpc) is 3.43. The molecule has 2 aromatic heterocycles. The summed E-state index contributed by atoms with van der Waals surface area (Å²) in [4.78, 5) is 37.9. The Morgan fingerprint density at radius 2 is 1.64 bits per heavy atom. The number of nitrogens with one attached hydrogen (secondary N) is 2. The van der Waals surface area contributed by atoms with E-state index in [1.54, 1.807) is 36.4 Å². The largest absolute Gasteiger partial charge is 0.452 e. The molecule has 3 rings (SSSR count). The number of rotatable bonds is 6. The maximum absolute atomic E-state index is 12.5. The lowest BCUT2D eigenvalue weighted by Crippen LogP contribution is -2.43. The second-order valence-electron chi connectivity index (χ2n) is 5.50. The minimum absolute atomic E-state index is 0.374. The van der Waals surface area contributed by atoms with Gasteiger partial charge < -0.3 is 4.74 Å². The van der Waals surface area contributed by atoms with Crippen molar-refractivity contribution in [3.8, 4) is 0 Å². The summed E-state index contributed by atoms with van der Waals surface area (Å²) in [5, 5.41) is 3.77. The van der Waals surface area contributed by atoms with Crippen LogP contribution in [0.5, 0.6) is 0 Å². The van der Waals surface area contributed by atoms with Gasteiger partial charge in [-0.1, -0.05) is 30.3 Å². The fourth-order valence-electron chi connectivity index (χ4n) is 2.21. The molecule has 0 atom stereocenters. The van der Waals surface area contributed by atoms with Crippen LogP contribution >= 0.6 is 22.7 Å². The molecule has 142 valence electrons. The third kappa shape index (κ3) is 5.38. The molecular weight excluding hydrogens is 396 g/mol.